The van der Waals surface area contributed by atoms with Crippen molar-refractivity contribution in [1.82, 2.24) is 29.3 Å². The standard InChI is InChI=1S/C17H19F2N5O.C17H21F2N3O.C17H20F2N2O2.3CH4.ClH/c18-14-5-6-16(19)13(7-14)11-25-17-8-15(9-21-23-20)22-24(17)10-12-3-1-2-4-12;18-14-5-6-16(19)13(7-14)11-23-17-8-15(9-20)21-22(17)10-12-3-1-2-4-12;18-14-5-6-16(19)13(7-14)11-23-17-8-15(10-22)20-21(17)9-12-3-1-2-4-12;;;;/h5-8,12H,1-4,9-11H2;5-8,12H,1-4,9-11,20H2;5-8,12,22H,1-4,9-11H2;3*1H4;1H. The molecular weight excluding hydrogens is 1000 g/mol. The summed E-state index contributed by atoms with van der Waals surface area (Å²) in [7, 11) is 0. The van der Waals surface area contributed by atoms with E-state index in [4.69, 9.17) is 25.5 Å². The molecule has 0 atom stereocenters. The van der Waals surface area contributed by atoms with Gasteiger partial charge in [0, 0.05) is 66.0 Å². The van der Waals surface area contributed by atoms with Gasteiger partial charge in [-0.1, -0.05) is 65.9 Å². The lowest BCUT2D eigenvalue weighted by Crippen LogP contribution is -2.12. The molecule has 0 unspecified atom stereocenters. The van der Waals surface area contributed by atoms with Crippen molar-refractivity contribution in [2.75, 3.05) is 0 Å². The molecule has 0 aliphatic heterocycles. The number of aromatic nitrogens is 6. The SMILES string of the molecule is C.C.C.Cl.NCc1cc(OCc2cc(F)ccc2F)n(CC2CCCC2)n1.OCc1cc(OCc2cc(F)ccc2F)n(CC2CCCC2)n1.[N-]=[N+]=NCc1cc(OCc2cc(F)ccc2F)n(CC2CCCC2)n1. The van der Waals surface area contributed by atoms with Gasteiger partial charge in [-0.25, -0.2) is 40.4 Å². The molecule has 6 aromatic rings. The lowest BCUT2D eigenvalue weighted by atomic mass is 10.1. The van der Waals surface area contributed by atoms with Gasteiger partial charge in [0.15, 0.2) is 0 Å². The molecule has 412 valence electrons. The van der Waals surface area contributed by atoms with E-state index in [9.17, 15) is 31.4 Å². The Balaban J connectivity index is 0.000000289. The topological polar surface area (TPSA) is 176 Å². The number of azide groups is 1. The maximum atomic E-state index is 13.7. The van der Waals surface area contributed by atoms with Gasteiger partial charge in [0.25, 0.3) is 0 Å². The smallest absolute Gasteiger partial charge is 0.212 e. The fourth-order valence-corrected chi connectivity index (χ4v) is 9.18. The summed E-state index contributed by atoms with van der Waals surface area (Å²) in [5.74, 6) is 0.185. The Kier molecular flexibility index (Phi) is 26.6. The van der Waals surface area contributed by atoms with Gasteiger partial charge in [-0.2, -0.15) is 15.3 Å². The summed E-state index contributed by atoms with van der Waals surface area (Å²) < 4.78 is 103. The van der Waals surface area contributed by atoms with Gasteiger partial charge in [0.05, 0.1) is 30.2 Å². The van der Waals surface area contributed by atoms with Gasteiger partial charge in [-0.15, -0.1) is 12.4 Å². The van der Waals surface area contributed by atoms with E-state index in [0.29, 0.717) is 59.9 Å². The first-order valence-corrected chi connectivity index (χ1v) is 24.2. The molecule has 3 heterocycles. The maximum absolute atomic E-state index is 13.7. The minimum atomic E-state index is -0.516. The largest absolute Gasteiger partial charge is 0.473 e. The minimum absolute atomic E-state index is 0. The second-order valence-electron chi connectivity index (χ2n) is 18.2. The van der Waals surface area contributed by atoms with Crippen molar-refractivity contribution in [2.45, 2.75) is 158 Å². The van der Waals surface area contributed by atoms with Gasteiger partial charge in [0.2, 0.25) is 17.6 Å². The average molecular weight is 1080 g/mol. The Morgan fingerprint density at radius 3 is 1.19 bits per heavy atom. The monoisotopic (exact) mass is 1070 g/mol. The van der Waals surface area contributed by atoms with Crippen LogP contribution in [-0.4, -0.2) is 34.4 Å². The molecule has 0 radical (unpaired) electrons. The van der Waals surface area contributed by atoms with E-state index in [0.717, 1.165) is 99.1 Å². The van der Waals surface area contributed by atoms with Crippen LogP contribution in [0.3, 0.4) is 0 Å². The summed E-state index contributed by atoms with van der Waals surface area (Å²) in [6.45, 7) is 2.26. The summed E-state index contributed by atoms with van der Waals surface area (Å²) in [6, 6.07) is 15.0. The zero-order valence-electron chi connectivity index (χ0n) is 40.0. The summed E-state index contributed by atoms with van der Waals surface area (Å²) in [4.78, 5) is 2.73. The van der Waals surface area contributed by atoms with Gasteiger partial charge < -0.3 is 25.1 Å². The van der Waals surface area contributed by atoms with E-state index < -0.39 is 34.9 Å². The van der Waals surface area contributed by atoms with E-state index in [1.54, 1.807) is 32.2 Å². The number of hydrogen-bond acceptors (Lipinski definition) is 9. The number of hydrogen-bond donors (Lipinski definition) is 2. The second kappa shape index (κ2) is 31.6. The third kappa shape index (κ3) is 18.8. The van der Waals surface area contributed by atoms with Crippen LogP contribution >= 0.6 is 12.4 Å². The number of halogens is 7. The number of benzene rings is 3. The number of ether oxygens (including phenoxy) is 3. The predicted octanol–water partition coefficient (Wildman–Crippen LogP) is 13.9. The molecular formula is C54H73ClF6N10O4. The third-order valence-corrected chi connectivity index (χ3v) is 12.9. The molecule has 14 nitrogen and oxygen atoms in total. The van der Waals surface area contributed by atoms with Crippen LogP contribution < -0.4 is 19.9 Å². The van der Waals surface area contributed by atoms with Crippen LogP contribution in [0.1, 0.15) is 133 Å². The molecule has 0 amide bonds. The summed E-state index contributed by atoms with van der Waals surface area (Å²) in [5, 5.41) is 26.0. The Labute approximate surface area is 442 Å². The summed E-state index contributed by atoms with van der Waals surface area (Å²) in [5.41, 5.74) is 16.4. The summed E-state index contributed by atoms with van der Waals surface area (Å²) >= 11 is 0. The highest BCUT2D eigenvalue weighted by molar-refractivity contribution is 5.85. The number of aliphatic hydroxyl groups excluding tert-OH is 1. The normalized spacial score (nSPS) is 14.2. The Morgan fingerprint density at radius 1 is 0.533 bits per heavy atom. The number of nitrogens with zero attached hydrogens (tertiary/aromatic N) is 9. The van der Waals surface area contributed by atoms with Gasteiger partial charge in [-0.05, 0) is 116 Å². The van der Waals surface area contributed by atoms with Crippen LogP contribution in [0.25, 0.3) is 10.4 Å². The minimum Gasteiger partial charge on any atom is -0.473 e. The molecule has 3 aromatic heterocycles. The van der Waals surface area contributed by atoms with E-state index >= 15 is 0 Å². The Bertz CT molecular complexity index is 2580. The predicted molar refractivity (Wildman–Crippen MR) is 279 cm³/mol. The first kappa shape index (κ1) is 63.1. The van der Waals surface area contributed by atoms with Gasteiger partial charge in [0.1, 0.15) is 54.7 Å². The highest BCUT2D eigenvalue weighted by atomic mass is 35.5. The Hall–Kier alpha value is -6.21. The number of aliphatic hydroxyl groups is 1. The zero-order valence-corrected chi connectivity index (χ0v) is 40.8. The van der Waals surface area contributed by atoms with Crippen LogP contribution in [0.15, 0.2) is 77.9 Å². The molecule has 0 saturated heterocycles. The van der Waals surface area contributed by atoms with Crippen molar-refractivity contribution in [2.24, 2.45) is 28.6 Å². The van der Waals surface area contributed by atoms with Crippen molar-refractivity contribution >= 4 is 12.4 Å². The first-order valence-electron chi connectivity index (χ1n) is 24.2. The molecule has 3 aromatic carbocycles. The zero-order chi connectivity index (χ0) is 50.1. The average Bonchev–Trinajstić information content (AvgIpc) is 4.25. The van der Waals surface area contributed by atoms with Crippen molar-refractivity contribution in [1.29, 1.82) is 0 Å². The lowest BCUT2D eigenvalue weighted by Gasteiger charge is -2.13. The van der Waals surface area contributed by atoms with Crippen LogP contribution in [0.5, 0.6) is 17.6 Å². The lowest BCUT2D eigenvalue weighted by molar-refractivity contribution is 0.255. The number of rotatable bonds is 19. The van der Waals surface area contributed by atoms with Crippen LogP contribution in [0.4, 0.5) is 26.3 Å². The molecule has 0 bridgehead atoms. The molecule has 3 aliphatic rings. The quantitative estimate of drug-likeness (QED) is 0.0348. The number of nitrogens with two attached hydrogens (primary N) is 1. The van der Waals surface area contributed by atoms with Crippen molar-refractivity contribution in [3.63, 3.8) is 0 Å². The van der Waals surface area contributed by atoms with E-state index in [2.05, 4.69) is 25.3 Å². The molecule has 9 rings (SSSR count). The van der Waals surface area contributed by atoms with Crippen molar-refractivity contribution in [3.8, 4) is 17.6 Å². The molecule has 21 heteroatoms. The third-order valence-electron chi connectivity index (χ3n) is 12.9. The second-order valence-corrected chi connectivity index (χ2v) is 18.2. The molecule has 0 spiro atoms. The van der Waals surface area contributed by atoms with E-state index in [-0.39, 0.29) is 84.3 Å². The highest BCUT2D eigenvalue weighted by Gasteiger charge is 2.22. The van der Waals surface area contributed by atoms with Gasteiger partial charge in [-0.3, -0.25) is 0 Å². The fourth-order valence-electron chi connectivity index (χ4n) is 9.18. The van der Waals surface area contributed by atoms with Crippen LogP contribution in [0, 0.1) is 52.7 Å². The molecule has 3 saturated carbocycles. The van der Waals surface area contributed by atoms with Crippen LogP contribution in [0.2, 0.25) is 0 Å². The molecule has 3 fully saturated rings. The summed E-state index contributed by atoms with van der Waals surface area (Å²) in [6.07, 6.45) is 14.4. The van der Waals surface area contributed by atoms with Gasteiger partial charge >= 0.3 is 0 Å². The van der Waals surface area contributed by atoms with Crippen molar-refractivity contribution < 1.29 is 45.7 Å². The van der Waals surface area contributed by atoms with Crippen molar-refractivity contribution in [3.05, 3.63) is 152 Å². The van der Waals surface area contributed by atoms with E-state index in [1.807, 2.05) is 0 Å². The molecule has 75 heavy (non-hydrogen) atoms. The molecule has 3 N–H and O–H groups in total. The Morgan fingerprint density at radius 2 is 0.853 bits per heavy atom. The van der Waals surface area contributed by atoms with E-state index in [1.165, 1.54) is 51.4 Å². The fraction of sp³-hybridized carbons (Fsp3) is 0.500. The maximum Gasteiger partial charge on any atom is 0.212 e. The first-order chi connectivity index (χ1) is 34.5. The highest BCUT2D eigenvalue weighted by Crippen LogP contribution is 2.31. The van der Waals surface area contributed by atoms with Crippen LogP contribution in [-0.2, 0) is 59.2 Å². The molecule has 3 aliphatic carbocycles.